The summed E-state index contributed by atoms with van der Waals surface area (Å²) in [5.41, 5.74) is 0.704. The fourth-order valence-electron chi connectivity index (χ4n) is 4.50. The van der Waals surface area contributed by atoms with Gasteiger partial charge in [-0.3, -0.25) is 0 Å². The molecule has 28 heavy (non-hydrogen) atoms. The first-order chi connectivity index (χ1) is 13.5. The van der Waals surface area contributed by atoms with E-state index in [-0.39, 0.29) is 17.9 Å². The van der Waals surface area contributed by atoms with Gasteiger partial charge in [0.25, 0.3) is 0 Å². The minimum absolute atomic E-state index is 0.0702. The van der Waals surface area contributed by atoms with Crippen LogP contribution in [0.15, 0.2) is 24.8 Å². The SMILES string of the molecule is C=CCCC[Si@H]1CC[C@H](c2cc(F)c(C[C@H](F)CCCCCC)c(F)c2)CC1. The van der Waals surface area contributed by atoms with Crippen molar-refractivity contribution in [1.82, 2.24) is 0 Å². The van der Waals surface area contributed by atoms with Gasteiger partial charge in [-0.1, -0.05) is 63.2 Å². The van der Waals surface area contributed by atoms with E-state index in [1.807, 2.05) is 6.08 Å². The van der Waals surface area contributed by atoms with Crippen molar-refractivity contribution in [2.45, 2.75) is 101 Å². The molecule has 0 saturated carbocycles. The number of allylic oxidation sites excluding steroid dienone is 1. The Kier molecular flexibility index (Phi) is 10.4. The minimum Gasteiger partial charge on any atom is -0.247 e. The van der Waals surface area contributed by atoms with Crippen molar-refractivity contribution in [3.05, 3.63) is 47.5 Å². The van der Waals surface area contributed by atoms with Gasteiger partial charge in [-0.2, -0.15) is 0 Å². The monoisotopic (exact) mass is 410 g/mol. The molecule has 2 rings (SSSR count). The second-order valence-electron chi connectivity index (χ2n) is 8.55. The summed E-state index contributed by atoms with van der Waals surface area (Å²) in [4.78, 5) is 0. The highest BCUT2D eigenvalue weighted by molar-refractivity contribution is 6.59. The molecule has 0 radical (unpaired) electrons. The maximum Gasteiger partial charge on any atom is 0.129 e. The quantitative estimate of drug-likeness (QED) is 0.187. The van der Waals surface area contributed by atoms with Crippen molar-refractivity contribution < 1.29 is 13.2 Å². The Bertz CT molecular complexity index is 571. The molecular formula is C24H37F3Si. The van der Waals surface area contributed by atoms with Crippen LogP contribution in [0.1, 0.15) is 81.8 Å². The third-order valence-electron chi connectivity index (χ3n) is 6.30. The third-order valence-corrected chi connectivity index (χ3v) is 9.82. The number of rotatable bonds is 12. The van der Waals surface area contributed by atoms with Gasteiger partial charge in [0.2, 0.25) is 0 Å². The van der Waals surface area contributed by atoms with Gasteiger partial charge in [-0.25, -0.2) is 13.2 Å². The van der Waals surface area contributed by atoms with Crippen LogP contribution in [0.3, 0.4) is 0 Å². The van der Waals surface area contributed by atoms with Crippen LogP contribution in [-0.4, -0.2) is 15.0 Å². The first kappa shape index (κ1) is 23.2. The molecule has 1 atom stereocenters. The van der Waals surface area contributed by atoms with E-state index in [0.29, 0.717) is 6.42 Å². The molecule has 0 aliphatic carbocycles. The van der Waals surface area contributed by atoms with E-state index in [4.69, 9.17) is 0 Å². The number of hydrogen-bond acceptors (Lipinski definition) is 0. The number of hydrogen-bond donors (Lipinski definition) is 0. The molecule has 0 bridgehead atoms. The first-order valence-electron chi connectivity index (χ1n) is 11.3. The highest BCUT2D eigenvalue weighted by atomic mass is 28.3. The highest BCUT2D eigenvalue weighted by Gasteiger charge is 2.25. The Labute approximate surface area is 171 Å². The predicted octanol–water partition coefficient (Wildman–Crippen LogP) is 7.89. The Hall–Kier alpha value is -1.03. The summed E-state index contributed by atoms with van der Waals surface area (Å²) in [6.07, 6.45) is 9.46. The molecule has 1 heterocycles. The van der Waals surface area contributed by atoms with Gasteiger partial charge in [-0.15, -0.1) is 6.58 Å². The van der Waals surface area contributed by atoms with Gasteiger partial charge in [0.15, 0.2) is 0 Å². The molecule has 1 aromatic carbocycles. The van der Waals surface area contributed by atoms with Gasteiger partial charge >= 0.3 is 0 Å². The molecule has 0 aromatic heterocycles. The van der Waals surface area contributed by atoms with Crippen molar-refractivity contribution in [2.24, 2.45) is 0 Å². The van der Waals surface area contributed by atoms with Crippen LogP contribution < -0.4 is 0 Å². The lowest BCUT2D eigenvalue weighted by Gasteiger charge is -2.28. The lowest BCUT2D eigenvalue weighted by atomic mass is 9.91. The lowest BCUT2D eigenvalue weighted by molar-refractivity contribution is 0.297. The number of halogens is 3. The summed E-state index contributed by atoms with van der Waals surface area (Å²) in [5, 5.41) is 0. The summed E-state index contributed by atoms with van der Waals surface area (Å²) in [7, 11) is -0.676. The first-order valence-corrected chi connectivity index (χ1v) is 13.7. The molecule has 0 spiro atoms. The topological polar surface area (TPSA) is 0 Å². The van der Waals surface area contributed by atoms with Crippen molar-refractivity contribution in [2.75, 3.05) is 0 Å². The van der Waals surface area contributed by atoms with Crippen LogP contribution in [0.25, 0.3) is 0 Å². The van der Waals surface area contributed by atoms with E-state index in [0.717, 1.165) is 50.5 Å². The van der Waals surface area contributed by atoms with Gasteiger partial charge in [0, 0.05) is 20.8 Å². The van der Waals surface area contributed by atoms with E-state index >= 15 is 0 Å². The summed E-state index contributed by atoms with van der Waals surface area (Å²) in [6, 6.07) is 6.84. The molecule has 0 N–H and O–H groups in total. The zero-order valence-electron chi connectivity index (χ0n) is 17.5. The second-order valence-corrected chi connectivity index (χ2v) is 12.0. The van der Waals surface area contributed by atoms with Gasteiger partial charge in [0.1, 0.15) is 17.8 Å². The molecule has 0 unspecified atom stereocenters. The number of benzene rings is 1. The Morgan fingerprint density at radius 3 is 2.39 bits per heavy atom. The van der Waals surface area contributed by atoms with Crippen LogP contribution in [0.2, 0.25) is 18.1 Å². The lowest BCUT2D eigenvalue weighted by Crippen LogP contribution is -2.20. The Balaban J connectivity index is 1.88. The number of unbranched alkanes of at least 4 members (excludes halogenated alkanes) is 4. The Morgan fingerprint density at radius 2 is 1.79 bits per heavy atom. The van der Waals surface area contributed by atoms with Crippen LogP contribution in [0.4, 0.5) is 13.2 Å². The fourth-order valence-corrected chi connectivity index (χ4v) is 7.93. The third kappa shape index (κ3) is 7.42. The molecule has 1 aliphatic rings. The summed E-state index contributed by atoms with van der Waals surface area (Å²) in [6.45, 7) is 5.89. The van der Waals surface area contributed by atoms with Crippen molar-refractivity contribution in [3.8, 4) is 0 Å². The van der Waals surface area contributed by atoms with Crippen molar-refractivity contribution in [3.63, 3.8) is 0 Å². The highest BCUT2D eigenvalue weighted by Crippen LogP contribution is 2.36. The zero-order chi connectivity index (χ0) is 20.4. The van der Waals surface area contributed by atoms with Crippen LogP contribution in [-0.2, 0) is 6.42 Å². The molecule has 0 amide bonds. The van der Waals surface area contributed by atoms with Crippen LogP contribution in [0.5, 0.6) is 0 Å². The Morgan fingerprint density at radius 1 is 1.11 bits per heavy atom. The van der Waals surface area contributed by atoms with Crippen LogP contribution >= 0.6 is 0 Å². The molecule has 158 valence electrons. The summed E-state index contributed by atoms with van der Waals surface area (Å²) < 4.78 is 43.3. The second kappa shape index (κ2) is 12.5. The maximum absolute atomic E-state index is 14.5. The van der Waals surface area contributed by atoms with Gasteiger partial charge in [-0.05, 0) is 49.3 Å². The zero-order valence-corrected chi connectivity index (χ0v) is 18.7. The van der Waals surface area contributed by atoms with E-state index in [1.54, 1.807) is 0 Å². The molecular weight excluding hydrogens is 373 g/mol. The fraction of sp³-hybridized carbons (Fsp3) is 0.667. The minimum atomic E-state index is -1.16. The summed E-state index contributed by atoms with van der Waals surface area (Å²) >= 11 is 0. The molecule has 1 saturated heterocycles. The predicted molar refractivity (Wildman–Crippen MR) is 117 cm³/mol. The van der Waals surface area contributed by atoms with E-state index in [2.05, 4.69) is 13.5 Å². The van der Waals surface area contributed by atoms with Crippen molar-refractivity contribution >= 4 is 8.80 Å². The maximum atomic E-state index is 14.5. The largest absolute Gasteiger partial charge is 0.247 e. The molecule has 1 fully saturated rings. The van der Waals surface area contributed by atoms with E-state index in [9.17, 15) is 13.2 Å². The number of alkyl halides is 1. The smallest absolute Gasteiger partial charge is 0.129 e. The van der Waals surface area contributed by atoms with Crippen LogP contribution in [0, 0.1) is 11.6 Å². The average molecular weight is 411 g/mol. The van der Waals surface area contributed by atoms with E-state index in [1.165, 1.54) is 36.7 Å². The molecule has 1 aromatic rings. The van der Waals surface area contributed by atoms with Gasteiger partial charge < -0.3 is 0 Å². The van der Waals surface area contributed by atoms with E-state index < -0.39 is 26.6 Å². The molecule has 4 heteroatoms. The molecule has 1 aliphatic heterocycles. The molecule has 0 nitrogen and oxygen atoms in total. The summed E-state index contributed by atoms with van der Waals surface area (Å²) in [5.74, 6) is -0.857. The normalized spacial score (nSPS) is 20.9. The standard InChI is InChI=1S/C24H37F3Si/c1-3-5-7-8-10-21(25)18-22-23(26)16-20(17-24(22)27)19-11-14-28(15-12-19)13-9-6-4-2/h4,16-17,19,21,28H,2-3,5-15,18H2,1H3/t19-,21-,28-/m1/s1. The van der Waals surface area contributed by atoms with Crippen molar-refractivity contribution in [1.29, 1.82) is 0 Å². The van der Waals surface area contributed by atoms with Gasteiger partial charge in [0.05, 0.1) is 0 Å². The average Bonchev–Trinajstić information content (AvgIpc) is 2.69.